The molecule has 3 atom stereocenters. The van der Waals surface area contributed by atoms with Crippen molar-refractivity contribution in [2.24, 2.45) is 0 Å². The number of carbonyl (C=O) groups is 1. The first-order chi connectivity index (χ1) is 8.01. The Bertz CT molecular complexity index is 273. The molecule has 0 aliphatic rings. The van der Waals surface area contributed by atoms with Crippen LogP contribution >= 0.6 is 0 Å². The third kappa shape index (κ3) is 7.64. The first-order valence-corrected chi connectivity index (χ1v) is 5.14. The van der Waals surface area contributed by atoms with Crippen LogP contribution in [-0.2, 0) is 9.53 Å². The summed E-state index contributed by atoms with van der Waals surface area (Å²) in [5, 5.41) is 36.0. The predicted octanol–water partition coefficient (Wildman–Crippen LogP) is -1.26. The zero-order chi connectivity index (χ0) is 13.3. The van der Waals surface area contributed by atoms with Gasteiger partial charge in [0.05, 0.1) is 6.61 Å². The zero-order valence-corrected chi connectivity index (χ0v) is 9.56. The fourth-order valence-corrected chi connectivity index (χ4v) is 0.881. The fraction of sp³-hybridized carbons (Fsp3) is 0.545. The minimum absolute atomic E-state index is 0.326. The number of esters is 1. The summed E-state index contributed by atoms with van der Waals surface area (Å²) >= 11 is 0. The molecule has 0 rings (SSSR count). The molecule has 0 unspecified atom stereocenters. The Hall–Kier alpha value is -1.21. The van der Waals surface area contributed by atoms with Crippen molar-refractivity contribution in [3.63, 3.8) is 0 Å². The Morgan fingerprint density at radius 1 is 1.24 bits per heavy atom. The third-order valence-electron chi connectivity index (χ3n) is 1.80. The average Bonchev–Trinajstić information content (AvgIpc) is 2.32. The van der Waals surface area contributed by atoms with E-state index in [1.807, 2.05) is 0 Å². The van der Waals surface area contributed by atoms with Crippen molar-refractivity contribution in [3.05, 3.63) is 24.3 Å². The van der Waals surface area contributed by atoms with Gasteiger partial charge in [0, 0.05) is 6.08 Å². The number of aliphatic hydroxyl groups is 4. The van der Waals surface area contributed by atoms with Crippen LogP contribution in [0.3, 0.4) is 0 Å². The van der Waals surface area contributed by atoms with Crippen molar-refractivity contribution in [3.8, 4) is 0 Å². The zero-order valence-electron chi connectivity index (χ0n) is 9.56. The van der Waals surface area contributed by atoms with E-state index in [0.717, 1.165) is 12.2 Å². The smallest absolute Gasteiger partial charge is 0.330 e. The lowest BCUT2D eigenvalue weighted by Gasteiger charge is -2.09. The molecule has 0 radical (unpaired) electrons. The van der Waals surface area contributed by atoms with Gasteiger partial charge in [-0.2, -0.15) is 0 Å². The number of ether oxygens (including phenoxy) is 1. The number of allylic oxidation sites excluding steroid dienone is 1. The van der Waals surface area contributed by atoms with E-state index < -0.39 is 30.9 Å². The summed E-state index contributed by atoms with van der Waals surface area (Å²) < 4.78 is 4.54. The molecule has 0 bridgehead atoms. The van der Waals surface area contributed by atoms with E-state index in [1.54, 1.807) is 13.0 Å². The molecule has 0 aromatic heterocycles. The summed E-state index contributed by atoms with van der Waals surface area (Å²) in [5.74, 6) is -0.774. The number of rotatable bonds is 7. The lowest BCUT2D eigenvalue weighted by molar-refractivity contribution is -0.141. The van der Waals surface area contributed by atoms with E-state index in [2.05, 4.69) is 4.74 Å². The van der Waals surface area contributed by atoms with Gasteiger partial charge in [-0.1, -0.05) is 12.2 Å². The highest BCUT2D eigenvalue weighted by Gasteiger charge is 2.10. The normalized spacial score (nSPS) is 17.2. The van der Waals surface area contributed by atoms with Crippen LogP contribution in [0.15, 0.2) is 24.3 Å². The molecule has 0 aliphatic heterocycles. The van der Waals surface area contributed by atoms with Gasteiger partial charge in [0.2, 0.25) is 0 Å². The molecule has 0 heterocycles. The molecule has 4 N–H and O–H groups in total. The Morgan fingerprint density at radius 3 is 2.35 bits per heavy atom. The van der Waals surface area contributed by atoms with Crippen LogP contribution in [0.5, 0.6) is 0 Å². The molecule has 6 nitrogen and oxygen atoms in total. The van der Waals surface area contributed by atoms with Gasteiger partial charge in [0.25, 0.3) is 0 Å². The van der Waals surface area contributed by atoms with Gasteiger partial charge in [-0.3, -0.25) is 0 Å². The molecular weight excluding hydrogens is 228 g/mol. The number of aliphatic hydroxyl groups excluding tert-OH is 4. The number of hydrogen-bond donors (Lipinski definition) is 4. The standard InChI is InChI=1S/C11H18O6/c1-2-3-9(14)10(15)4-5-11(16)17-7-8(13)6-12/h2-5,8-10,12-15H,6-7H2,1H3/b3-2+,5-4+/t8-,9+,10+/m1/s1. The Kier molecular flexibility index (Phi) is 8.25. The Labute approximate surface area is 99.5 Å². The van der Waals surface area contributed by atoms with Gasteiger partial charge in [0.15, 0.2) is 0 Å². The molecule has 6 heteroatoms. The summed E-state index contributed by atoms with van der Waals surface area (Å²) in [6.45, 7) is 0.858. The molecule has 17 heavy (non-hydrogen) atoms. The third-order valence-corrected chi connectivity index (χ3v) is 1.80. The van der Waals surface area contributed by atoms with Crippen molar-refractivity contribution < 1.29 is 30.0 Å². The van der Waals surface area contributed by atoms with E-state index in [-0.39, 0.29) is 6.61 Å². The summed E-state index contributed by atoms with van der Waals surface area (Å²) in [7, 11) is 0. The van der Waals surface area contributed by atoms with E-state index in [1.165, 1.54) is 6.08 Å². The summed E-state index contributed by atoms with van der Waals surface area (Å²) in [4.78, 5) is 11.0. The topological polar surface area (TPSA) is 107 Å². The van der Waals surface area contributed by atoms with Gasteiger partial charge in [-0.05, 0) is 13.0 Å². The van der Waals surface area contributed by atoms with Crippen LogP contribution in [0.25, 0.3) is 0 Å². The quantitative estimate of drug-likeness (QED) is 0.254. The Morgan fingerprint density at radius 2 is 1.82 bits per heavy atom. The molecule has 0 aromatic rings. The predicted molar refractivity (Wildman–Crippen MR) is 60.0 cm³/mol. The highest BCUT2D eigenvalue weighted by Crippen LogP contribution is 1.98. The lowest BCUT2D eigenvalue weighted by Crippen LogP contribution is -2.23. The van der Waals surface area contributed by atoms with E-state index in [9.17, 15) is 15.0 Å². The molecule has 0 aliphatic carbocycles. The number of carbonyl (C=O) groups excluding carboxylic acids is 1. The molecule has 0 saturated heterocycles. The van der Waals surface area contributed by atoms with Crippen LogP contribution in [0.1, 0.15) is 6.92 Å². The van der Waals surface area contributed by atoms with E-state index >= 15 is 0 Å². The first kappa shape index (κ1) is 15.8. The SMILES string of the molecule is C/C=C/[C@H](O)[C@@H](O)/C=C/C(=O)OC[C@H](O)CO. The van der Waals surface area contributed by atoms with Crippen molar-refractivity contribution in [2.45, 2.75) is 25.2 Å². The van der Waals surface area contributed by atoms with Crippen molar-refractivity contribution >= 4 is 5.97 Å². The fourth-order valence-electron chi connectivity index (χ4n) is 0.881. The van der Waals surface area contributed by atoms with Crippen LogP contribution in [0.4, 0.5) is 0 Å². The highest BCUT2D eigenvalue weighted by molar-refractivity contribution is 5.82. The second-order valence-corrected chi connectivity index (χ2v) is 3.33. The maximum Gasteiger partial charge on any atom is 0.330 e. The number of hydrogen-bond acceptors (Lipinski definition) is 6. The van der Waals surface area contributed by atoms with Gasteiger partial charge in [-0.15, -0.1) is 0 Å². The lowest BCUT2D eigenvalue weighted by atomic mass is 10.2. The molecular formula is C11H18O6. The maximum absolute atomic E-state index is 11.0. The summed E-state index contributed by atoms with van der Waals surface area (Å²) in [6.07, 6.45) is 1.55. The minimum Gasteiger partial charge on any atom is -0.460 e. The van der Waals surface area contributed by atoms with Crippen LogP contribution in [0, 0.1) is 0 Å². The second-order valence-electron chi connectivity index (χ2n) is 3.33. The van der Waals surface area contributed by atoms with Crippen LogP contribution in [0.2, 0.25) is 0 Å². The van der Waals surface area contributed by atoms with Gasteiger partial charge in [-0.25, -0.2) is 4.79 Å². The van der Waals surface area contributed by atoms with Crippen LogP contribution in [-0.4, -0.2) is 57.9 Å². The van der Waals surface area contributed by atoms with Crippen molar-refractivity contribution in [2.75, 3.05) is 13.2 Å². The van der Waals surface area contributed by atoms with Crippen LogP contribution < -0.4 is 0 Å². The first-order valence-electron chi connectivity index (χ1n) is 5.14. The van der Waals surface area contributed by atoms with Gasteiger partial charge >= 0.3 is 5.97 Å². The largest absolute Gasteiger partial charge is 0.460 e. The van der Waals surface area contributed by atoms with Crippen molar-refractivity contribution in [1.29, 1.82) is 0 Å². The molecule has 98 valence electrons. The Balaban J connectivity index is 4.02. The molecule has 0 spiro atoms. The monoisotopic (exact) mass is 246 g/mol. The molecule has 0 amide bonds. The average molecular weight is 246 g/mol. The maximum atomic E-state index is 11.0. The molecule has 0 saturated carbocycles. The van der Waals surface area contributed by atoms with E-state index in [0.29, 0.717) is 0 Å². The summed E-state index contributed by atoms with van der Waals surface area (Å²) in [5.41, 5.74) is 0. The minimum atomic E-state index is -1.21. The van der Waals surface area contributed by atoms with E-state index in [4.69, 9.17) is 10.2 Å². The van der Waals surface area contributed by atoms with Gasteiger partial charge in [0.1, 0.15) is 24.9 Å². The highest BCUT2D eigenvalue weighted by atomic mass is 16.5. The molecule has 0 aromatic carbocycles. The second kappa shape index (κ2) is 8.89. The summed E-state index contributed by atoms with van der Waals surface area (Å²) in [6, 6.07) is 0. The molecule has 0 fully saturated rings. The van der Waals surface area contributed by atoms with Gasteiger partial charge < -0.3 is 25.2 Å². The van der Waals surface area contributed by atoms with Crippen molar-refractivity contribution in [1.82, 2.24) is 0 Å².